The van der Waals surface area contributed by atoms with E-state index in [1.165, 1.54) is 77.5 Å². The van der Waals surface area contributed by atoms with Crippen LogP contribution in [-0.4, -0.2) is 0 Å². The van der Waals surface area contributed by atoms with E-state index < -0.39 is 0 Å². The average molecular weight is 830 g/mol. The molecule has 2 unspecified atom stereocenters. The summed E-state index contributed by atoms with van der Waals surface area (Å²) in [7, 11) is 0. The summed E-state index contributed by atoms with van der Waals surface area (Å²) in [5.74, 6) is 0.337. The van der Waals surface area contributed by atoms with Gasteiger partial charge in [-0.3, -0.25) is 0 Å². The quantitative estimate of drug-likeness (QED) is 0.172. The summed E-state index contributed by atoms with van der Waals surface area (Å²) < 4.78 is 6.67. The number of benzene rings is 9. The van der Waals surface area contributed by atoms with Gasteiger partial charge in [-0.25, -0.2) is 0 Å². The Hall–Kier alpha value is -7.94. The van der Waals surface area contributed by atoms with Crippen molar-refractivity contribution in [1.82, 2.24) is 0 Å². The van der Waals surface area contributed by atoms with Gasteiger partial charge in [0.15, 0.2) is 5.58 Å². The number of anilines is 3. The molecule has 4 aliphatic rings. The summed E-state index contributed by atoms with van der Waals surface area (Å²) >= 11 is 0. The summed E-state index contributed by atoms with van der Waals surface area (Å²) in [6.45, 7) is 0. The van der Waals surface area contributed by atoms with Gasteiger partial charge in [-0.05, 0) is 145 Å². The van der Waals surface area contributed by atoms with Gasteiger partial charge in [-0.2, -0.15) is 0 Å². The molecule has 65 heavy (non-hydrogen) atoms. The minimum atomic E-state index is -0.344. The molecule has 0 fully saturated rings. The standard InChI is InChI=1S/C63H43NO/c1-3-14-43-36-45(25-24-40(43)12-1)46-30-35-58-55(38-46)52-34-29-47(39-59(52)63(58)56-20-8-5-16-50(56)51-17-6-9-21-57(51)63)42-26-31-48(32-27-42)64(49-33-28-41-13-2-4-15-44(41)37-49)60-22-11-19-54-53-18-7-10-23-61(53)65-62(54)60/h1-8,10-20,22-35,37-39,45H,9,21,36H2. The molecule has 0 aliphatic heterocycles. The van der Waals surface area contributed by atoms with E-state index in [1.54, 1.807) is 5.57 Å². The highest BCUT2D eigenvalue weighted by Gasteiger charge is 2.52. The van der Waals surface area contributed by atoms with E-state index in [4.69, 9.17) is 4.42 Å². The van der Waals surface area contributed by atoms with Gasteiger partial charge in [-0.1, -0.05) is 176 Å². The molecule has 10 aromatic rings. The lowest BCUT2D eigenvalue weighted by molar-refractivity contribution is 0.669. The highest BCUT2D eigenvalue weighted by atomic mass is 16.3. The zero-order valence-electron chi connectivity index (χ0n) is 35.8. The molecular weight excluding hydrogens is 787 g/mol. The largest absolute Gasteiger partial charge is 0.454 e. The maximum Gasteiger partial charge on any atom is 0.159 e. The third-order valence-corrected chi connectivity index (χ3v) is 14.9. The van der Waals surface area contributed by atoms with E-state index in [9.17, 15) is 0 Å². The molecule has 2 heteroatoms. The summed E-state index contributed by atoms with van der Waals surface area (Å²) in [4.78, 5) is 2.35. The lowest BCUT2D eigenvalue weighted by atomic mass is 9.67. The van der Waals surface area contributed by atoms with Crippen molar-refractivity contribution < 1.29 is 4.42 Å². The summed E-state index contributed by atoms with van der Waals surface area (Å²) in [5.41, 5.74) is 22.4. The Balaban J connectivity index is 0.918. The Morgan fingerprint density at radius 3 is 2.26 bits per heavy atom. The van der Waals surface area contributed by atoms with Crippen LogP contribution in [0.25, 0.3) is 66.6 Å². The lowest BCUT2D eigenvalue weighted by Crippen LogP contribution is -2.28. The smallest absolute Gasteiger partial charge is 0.159 e. The molecule has 0 saturated heterocycles. The van der Waals surface area contributed by atoms with Gasteiger partial charge in [0.2, 0.25) is 0 Å². The maximum atomic E-state index is 6.67. The predicted octanol–water partition coefficient (Wildman–Crippen LogP) is 16.7. The second kappa shape index (κ2) is 14.0. The highest BCUT2D eigenvalue weighted by molar-refractivity contribution is 6.10. The number of fused-ring (bicyclic) bond motifs is 14. The van der Waals surface area contributed by atoms with Crippen molar-refractivity contribution in [3.05, 3.63) is 257 Å². The molecule has 2 atom stereocenters. The SMILES string of the molecule is C1=CC2=C(CC1)C1(c3ccccc32)c2ccc(C3C=Cc4ccccc4C3)cc2-c2ccc(-c3ccc(N(c4ccc5ccccc5c4)c4cccc5c4oc4ccccc45)cc3)cc21. The Morgan fingerprint density at radius 1 is 0.523 bits per heavy atom. The molecule has 0 amide bonds. The number of hydrogen-bond acceptors (Lipinski definition) is 2. The second-order valence-electron chi connectivity index (χ2n) is 18.2. The van der Waals surface area contributed by atoms with Crippen molar-refractivity contribution in [1.29, 1.82) is 0 Å². The van der Waals surface area contributed by atoms with Crippen LogP contribution >= 0.6 is 0 Å². The molecular formula is C63H43NO. The first-order valence-electron chi connectivity index (χ1n) is 23.1. The zero-order valence-corrected chi connectivity index (χ0v) is 35.8. The normalized spacial score (nSPS) is 17.7. The van der Waals surface area contributed by atoms with Gasteiger partial charge < -0.3 is 9.32 Å². The Labute approximate surface area is 378 Å². The third-order valence-electron chi connectivity index (χ3n) is 14.9. The first kappa shape index (κ1) is 36.5. The van der Waals surface area contributed by atoms with Crippen LogP contribution in [0.1, 0.15) is 57.7 Å². The van der Waals surface area contributed by atoms with Crippen molar-refractivity contribution in [2.45, 2.75) is 30.6 Å². The Kier molecular flexibility index (Phi) is 7.89. The summed E-state index contributed by atoms with van der Waals surface area (Å²) in [5, 5.41) is 4.65. The van der Waals surface area contributed by atoms with Crippen molar-refractivity contribution in [2.75, 3.05) is 4.90 Å². The van der Waals surface area contributed by atoms with Crippen LogP contribution in [0.2, 0.25) is 0 Å². The van der Waals surface area contributed by atoms with E-state index in [1.807, 2.05) is 6.07 Å². The van der Waals surface area contributed by atoms with Gasteiger partial charge >= 0.3 is 0 Å². The van der Waals surface area contributed by atoms with Crippen molar-refractivity contribution in [2.24, 2.45) is 0 Å². The minimum absolute atomic E-state index is 0.337. The van der Waals surface area contributed by atoms with Gasteiger partial charge in [0.05, 0.1) is 11.1 Å². The molecule has 1 spiro atoms. The molecule has 1 aromatic heterocycles. The highest BCUT2D eigenvalue weighted by Crippen LogP contribution is 2.64. The number of nitrogens with zero attached hydrogens (tertiary/aromatic N) is 1. The third kappa shape index (κ3) is 5.35. The van der Waals surface area contributed by atoms with Crippen LogP contribution in [0.15, 0.2) is 222 Å². The fourth-order valence-corrected chi connectivity index (χ4v) is 12.0. The molecule has 0 N–H and O–H groups in total. The van der Waals surface area contributed by atoms with Crippen molar-refractivity contribution in [3.8, 4) is 22.3 Å². The number of furan rings is 1. The molecule has 2 nitrogen and oxygen atoms in total. The monoisotopic (exact) mass is 829 g/mol. The van der Waals surface area contributed by atoms with Crippen LogP contribution in [0, 0.1) is 0 Å². The van der Waals surface area contributed by atoms with Crippen molar-refractivity contribution in [3.63, 3.8) is 0 Å². The molecule has 4 aliphatic carbocycles. The first-order valence-corrected chi connectivity index (χ1v) is 23.1. The van der Waals surface area contributed by atoms with E-state index >= 15 is 0 Å². The summed E-state index contributed by atoms with van der Waals surface area (Å²) in [6, 6.07) is 72.2. The van der Waals surface area contributed by atoms with Crippen LogP contribution < -0.4 is 4.90 Å². The minimum Gasteiger partial charge on any atom is -0.454 e. The molecule has 9 aromatic carbocycles. The fourth-order valence-electron chi connectivity index (χ4n) is 12.0. The number of para-hydroxylation sites is 2. The molecule has 0 bridgehead atoms. The van der Waals surface area contributed by atoms with E-state index in [0.717, 1.165) is 58.3 Å². The number of hydrogen-bond donors (Lipinski definition) is 0. The van der Waals surface area contributed by atoms with Crippen molar-refractivity contribution >= 4 is 61.4 Å². The predicted molar refractivity (Wildman–Crippen MR) is 270 cm³/mol. The van der Waals surface area contributed by atoms with Gasteiger partial charge in [0.1, 0.15) is 5.58 Å². The molecule has 0 saturated carbocycles. The Morgan fingerprint density at radius 2 is 1.31 bits per heavy atom. The topological polar surface area (TPSA) is 16.4 Å². The lowest BCUT2D eigenvalue weighted by Gasteiger charge is -2.34. The van der Waals surface area contributed by atoms with Crippen LogP contribution in [-0.2, 0) is 11.8 Å². The molecule has 1 heterocycles. The zero-order chi connectivity index (χ0) is 42.6. The van der Waals surface area contributed by atoms with E-state index in [-0.39, 0.29) is 5.41 Å². The summed E-state index contributed by atoms with van der Waals surface area (Å²) in [6.07, 6.45) is 12.6. The Bertz CT molecular complexity index is 3710. The maximum absolute atomic E-state index is 6.67. The molecule has 306 valence electrons. The van der Waals surface area contributed by atoms with Crippen LogP contribution in [0.3, 0.4) is 0 Å². The van der Waals surface area contributed by atoms with Gasteiger partial charge in [0, 0.05) is 28.1 Å². The van der Waals surface area contributed by atoms with E-state index in [2.05, 4.69) is 217 Å². The molecule has 14 rings (SSSR count). The van der Waals surface area contributed by atoms with Crippen LogP contribution in [0.4, 0.5) is 17.1 Å². The van der Waals surface area contributed by atoms with Crippen LogP contribution in [0.5, 0.6) is 0 Å². The van der Waals surface area contributed by atoms with Gasteiger partial charge in [0.25, 0.3) is 0 Å². The van der Waals surface area contributed by atoms with E-state index in [0.29, 0.717) is 5.92 Å². The molecule has 0 radical (unpaired) electrons. The van der Waals surface area contributed by atoms with Gasteiger partial charge in [-0.15, -0.1) is 0 Å². The average Bonchev–Trinajstić information content (AvgIpc) is 4.01. The number of rotatable bonds is 5. The first-order chi connectivity index (χ1) is 32.2. The second-order valence-corrected chi connectivity index (χ2v) is 18.2. The fraction of sp³-hybridized carbons (Fsp3) is 0.0794. The number of allylic oxidation sites excluding steroid dienone is 5.